The van der Waals surface area contributed by atoms with Crippen molar-refractivity contribution < 1.29 is 9.47 Å². The Balaban J connectivity index is 1.64. The van der Waals surface area contributed by atoms with E-state index in [9.17, 15) is 0 Å². The molecule has 2 atom stereocenters. The minimum atomic E-state index is -0.387. The maximum Gasteiger partial charge on any atom is 0.214 e. The monoisotopic (exact) mass is 391 g/mol. The smallest absolute Gasteiger partial charge is 0.214 e. The number of hydrazone groups is 1. The van der Waals surface area contributed by atoms with Crippen molar-refractivity contribution in [2.24, 2.45) is 5.10 Å². The van der Waals surface area contributed by atoms with Crippen molar-refractivity contribution in [3.8, 4) is 11.5 Å². The van der Waals surface area contributed by atoms with Gasteiger partial charge in [-0.25, -0.2) is 5.01 Å². The zero-order valence-corrected chi connectivity index (χ0v) is 16.0. The fraction of sp³-hybridized carbons (Fsp3) is 0.182. The van der Waals surface area contributed by atoms with Crippen LogP contribution < -0.4 is 9.47 Å². The van der Waals surface area contributed by atoms with Crippen molar-refractivity contribution in [3.05, 3.63) is 88.7 Å². The van der Waals surface area contributed by atoms with Crippen molar-refractivity contribution in [1.82, 2.24) is 9.99 Å². The zero-order chi connectivity index (χ0) is 19.1. The van der Waals surface area contributed by atoms with Gasteiger partial charge < -0.3 is 9.47 Å². The molecule has 1 aromatic heterocycles. The van der Waals surface area contributed by atoms with Crippen molar-refractivity contribution in [2.75, 3.05) is 7.11 Å². The summed E-state index contributed by atoms with van der Waals surface area (Å²) in [5.41, 5.74) is 4.03. The molecule has 2 aliphatic heterocycles. The number of para-hydroxylation sites is 1. The Hall–Kier alpha value is -3.05. The minimum Gasteiger partial charge on any atom is -0.493 e. The largest absolute Gasteiger partial charge is 0.493 e. The van der Waals surface area contributed by atoms with Crippen LogP contribution in [0.3, 0.4) is 0 Å². The van der Waals surface area contributed by atoms with Crippen LogP contribution >= 0.6 is 11.6 Å². The number of benzene rings is 2. The Morgan fingerprint density at radius 3 is 2.82 bits per heavy atom. The van der Waals surface area contributed by atoms with Crippen LogP contribution in [-0.2, 0) is 0 Å². The SMILES string of the molecule is COc1cccc2c1O[C@@H](c1cccc(Cl)c1)N1N=C(c3cccnc3)C[C@@H]21. The summed E-state index contributed by atoms with van der Waals surface area (Å²) < 4.78 is 12.0. The second-order valence-corrected chi connectivity index (χ2v) is 7.23. The number of hydrogen-bond acceptors (Lipinski definition) is 5. The molecule has 0 saturated heterocycles. The Bertz CT molecular complexity index is 1050. The lowest BCUT2D eigenvalue weighted by Gasteiger charge is -2.38. The van der Waals surface area contributed by atoms with E-state index in [4.69, 9.17) is 26.2 Å². The van der Waals surface area contributed by atoms with E-state index in [1.165, 1.54) is 0 Å². The number of ether oxygens (including phenoxy) is 2. The first-order valence-electron chi connectivity index (χ1n) is 9.10. The molecule has 6 heteroatoms. The average molecular weight is 392 g/mol. The molecular weight excluding hydrogens is 374 g/mol. The molecule has 3 heterocycles. The van der Waals surface area contributed by atoms with E-state index < -0.39 is 0 Å². The molecule has 0 spiro atoms. The van der Waals surface area contributed by atoms with Gasteiger partial charge >= 0.3 is 0 Å². The van der Waals surface area contributed by atoms with Crippen LogP contribution in [0.15, 0.2) is 72.1 Å². The molecule has 2 aliphatic rings. The second-order valence-electron chi connectivity index (χ2n) is 6.79. The first-order valence-corrected chi connectivity index (χ1v) is 9.47. The predicted octanol–water partition coefficient (Wildman–Crippen LogP) is 4.99. The Kier molecular flexibility index (Phi) is 4.17. The van der Waals surface area contributed by atoms with Crippen molar-refractivity contribution in [3.63, 3.8) is 0 Å². The van der Waals surface area contributed by atoms with E-state index in [-0.39, 0.29) is 12.3 Å². The number of halogens is 1. The van der Waals surface area contributed by atoms with Crippen LogP contribution in [0.1, 0.15) is 35.4 Å². The van der Waals surface area contributed by atoms with E-state index >= 15 is 0 Å². The number of hydrogen-bond donors (Lipinski definition) is 0. The standard InChI is InChI=1S/C22H18ClN3O2/c1-27-20-9-3-8-17-19-12-18(15-6-4-10-24-13-15)25-26(19)22(28-21(17)20)14-5-2-7-16(23)11-14/h2-11,13,19,22H,12H2,1H3/t19-,22-/m0/s1. The van der Waals surface area contributed by atoms with Gasteiger partial charge in [-0.2, -0.15) is 5.10 Å². The summed E-state index contributed by atoms with van der Waals surface area (Å²) in [4.78, 5) is 4.24. The summed E-state index contributed by atoms with van der Waals surface area (Å²) in [5, 5.41) is 7.61. The molecule has 0 saturated carbocycles. The molecule has 0 radical (unpaired) electrons. The summed E-state index contributed by atoms with van der Waals surface area (Å²) in [7, 11) is 1.66. The van der Waals surface area contributed by atoms with E-state index in [0.29, 0.717) is 5.02 Å². The fourth-order valence-electron chi connectivity index (χ4n) is 3.83. The first-order chi connectivity index (χ1) is 13.7. The van der Waals surface area contributed by atoms with Crippen LogP contribution in [0.2, 0.25) is 5.02 Å². The second kappa shape index (κ2) is 6.84. The van der Waals surface area contributed by atoms with Gasteiger partial charge in [0.1, 0.15) is 0 Å². The topological polar surface area (TPSA) is 47.0 Å². The van der Waals surface area contributed by atoms with Crippen molar-refractivity contribution >= 4 is 17.3 Å². The maximum absolute atomic E-state index is 6.41. The fourth-order valence-corrected chi connectivity index (χ4v) is 4.03. The molecule has 3 aromatic rings. The van der Waals surface area contributed by atoms with Gasteiger partial charge in [-0.1, -0.05) is 41.9 Å². The quantitative estimate of drug-likeness (QED) is 0.631. The van der Waals surface area contributed by atoms with Gasteiger partial charge in [0.2, 0.25) is 6.23 Å². The van der Waals surface area contributed by atoms with Gasteiger partial charge in [-0.05, 0) is 24.3 Å². The average Bonchev–Trinajstić information content (AvgIpc) is 3.19. The number of rotatable bonds is 3. The number of aromatic nitrogens is 1. The van der Waals surface area contributed by atoms with Gasteiger partial charge in [-0.15, -0.1) is 0 Å². The molecule has 0 amide bonds. The molecular formula is C22H18ClN3O2. The maximum atomic E-state index is 6.41. The molecule has 0 bridgehead atoms. The van der Waals surface area contributed by atoms with E-state index in [0.717, 1.165) is 40.3 Å². The van der Waals surface area contributed by atoms with Crippen LogP contribution in [0, 0.1) is 0 Å². The Labute approximate surface area is 168 Å². The molecule has 5 nitrogen and oxygen atoms in total. The minimum absolute atomic E-state index is 0.0537. The van der Waals surface area contributed by atoms with Crippen LogP contribution in [0.25, 0.3) is 0 Å². The lowest BCUT2D eigenvalue weighted by atomic mass is 9.96. The molecule has 0 aliphatic carbocycles. The third-order valence-corrected chi connectivity index (χ3v) is 5.36. The lowest BCUT2D eigenvalue weighted by Crippen LogP contribution is -2.33. The van der Waals surface area contributed by atoms with E-state index in [1.54, 1.807) is 13.3 Å². The van der Waals surface area contributed by atoms with Gasteiger partial charge in [0.05, 0.1) is 18.9 Å². The van der Waals surface area contributed by atoms with Crippen LogP contribution in [0.4, 0.5) is 0 Å². The number of pyridine rings is 1. The summed E-state index contributed by atoms with van der Waals surface area (Å²) in [6.07, 6.45) is 4.00. The molecule has 0 unspecified atom stereocenters. The highest BCUT2D eigenvalue weighted by Gasteiger charge is 2.42. The van der Waals surface area contributed by atoms with E-state index in [1.807, 2.05) is 59.7 Å². The molecule has 2 aromatic carbocycles. The van der Waals surface area contributed by atoms with Gasteiger partial charge in [0.15, 0.2) is 11.5 Å². The Morgan fingerprint density at radius 2 is 2.04 bits per heavy atom. The summed E-state index contributed by atoms with van der Waals surface area (Å²) in [6.45, 7) is 0. The normalized spacial score (nSPS) is 20.1. The van der Waals surface area contributed by atoms with Crippen LogP contribution in [-0.4, -0.2) is 22.8 Å². The molecule has 0 fully saturated rings. The lowest BCUT2D eigenvalue weighted by molar-refractivity contribution is -0.0208. The van der Waals surface area contributed by atoms with Crippen LogP contribution in [0.5, 0.6) is 11.5 Å². The highest BCUT2D eigenvalue weighted by molar-refractivity contribution is 6.30. The van der Waals surface area contributed by atoms with Gasteiger partial charge in [0.25, 0.3) is 0 Å². The molecule has 140 valence electrons. The number of nitrogens with zero attached hydrogens (tertiary/aromatic N) is 3. The predicted molar refractivity (Wildman–Crippen MR) is 108 cm³/mol. The Morgan fingerprint density at radius 1 is 1.14 bits per heavy atom. The number of methoxy groups -OCH3 is 1. The van der Waals surface area contributed by atoms with Gasteiger partial charge in [-0.3, -0.25) is 4.98 Å². The van der Waals surface area contributed by atoms with Crippen molar-refractivity contribution in [1.29, 1.82) is 0 Å². The summed E-state index contributed by atoms with van der Waals surface area (Å²) >= 11 is 6.25. The molecule has 28 heavy (non-hydrogen) atoms. The zero-order valence-electron chi connectivity index (χ0n) is 15.2. The van der Waals surface area contributed by atoms with Gasteiger partial charge in [0, 0.05) is 40.5 Å². The summed E-state index contributed by atoms with van der Waals surface area (Å²) in [6, 6.07) is 17.7. The van der Waals surface area contributed by atoms with E-state index in [2.05, 4.69) is 11.1 Å². The highest BCUT2D eigenvalue weighted by atomic mass is 35.5. The third-order valence-electron chi connectivity index (χ3n) is 5.13. The molecule has 0 N–H and O–H groups in total. The third kappa shape index (κ3) is 2.79. The summed E-state index contributed by atoms with van der Waals surface area (Å²) in [5.74, 6) is 1.48. The highest BCUT2D eigenvalue weighted by Crippen LogP contribution is 2.50. The van der Waals surface area contributed by atoms with Crippen molar-refractivity contribution in [2.45, 2.75) is 18.7 Å². The number of fused-ring (bicyclic) bond motifs is 3. The first kappa shape index (κ1) is 17.1. The molecule has 5 rings (SSSR count).